The number of rotatable bonds is 5. The predicted molar refractivity (Wildman–Crippen MR) is 152 cm³/mol. The molecule has 6 nitrogen and oxygen atoms in total. The number of fused-ring (bicyclic) bond motifs is 3. The quantitative estimate of drug-likeness (QED) is 0.212. The smallest absolute Gasteiger partial charge is 0.415 e. The topological polar surface area (TPSA) is 68.7 Å². The summed E-state index contributed by atoms with van der Waals surface area (Å²) in [5, 5.41) is 1.62. The molecule has 1 aromatic heterocycles. The van der Waals surface area contributed by atoms with Gasteiger partial charge in [-0.3, -0.25) is 4.90 Å². The summed E-state index contributed by atoms with van der Waals surface area (Å²) in [5.74, 6) is -0.546. The zero-order valence-electron chi connectivity index (χ0n) is 20.4. The standard InChI is InChI=1S/C29H23BrCl2N2O4/c1-2-37-28(35)26-19-12-14-24(25-21(30)9-6-10-22(25)32)34(29(36)38-16-17-7-4-3-5-8-17)27(19)20-15-18(31)11-13-23(20)33-26/h3-11,13,15,24H,2,12,14,16H2,1H3. The van der Waals surface area contributed by atoms with Gasteiger partial charge in [-0.05, 0) is 55.7 Å². The van der Waals surface area contributed by atoms with Gasteiger partial charge in [-0.1, -0.05) is 75.5 Å². The van der Waals surface area contributed by atoms with Gasteiger partial charge in [0.2, 0.25) is 0 Å². The third-order valence-electron chi connectivity index (χ3n) is 6.44. The van der Waals surface area contributed by atoms with E-state index in [9.17, 15) is 9.59 Å². The number of anilines is 1. The van der Waals surface area contributed by atoms with Crippen LogP contribution >= 0.6 is 39.1 Å². The van der Waals surface area contributed by atoms with Crippen molar-refractivity contribution in [2.24, 2.45) is 0 Å². The molecule has 194 valence electrons. The molecular formula is C29H23BrCl2N2O4. The maximum absolute atomic E-state index is 14.0. The first-order valence-corrected chi connectivity index (χ1v) is 13.7. The molecule has 9 heteroatoms. The Morgan fingerprint density at radius 2 is 1.84 bits per heavy atom. The highest BCUT2D eigenvalue weighted by Crippen LogP contribution is 2.47. The highest BCUT2D eigenvalue weighted by atomic mass is 79.9. The highest BCUT2D eigenvalue weighted by molar-refractivity contribution is 9.10. The number of hydrogen-bond acceptors (Lipinski definition) is 5. The average Bonchev–Trinajstić information content (AvgIpc) is 2.91. The lowest BCUT2D eigenvalue weighted by Crippen LogP contribution is -2.40. The van der Waals surface area contributed by atoms with Crippen LogP contribution in [-0.2, 0) is 22.5 Å². The predicted octanol–water partition coefficient (Wildman–Crippen LogP) is 8.31. The summed E-state index contributed by atoms with van der Waals surface area (Å²) >= 11 is 16.7. The minimum absolute atomic E-state index is 0.0798. The van der Waals surface area contributed by atoms with Crippen molar-refractivity contribution < 1.29 is 19.1 Å². The Kier molecular flexibility index (Phi) is 7.88. The molecule has 38 heavy (non-hydrogen) atoms. The molecule has 0 saturated heterocycles. The van der Waals surface area contributed by atoms with Crippen molar-refractivity contribution >= 4 is 67.8 Å². The van der Waals surface area contributed by atoms with Gasteiger partial charge in [-0.25, -0.2) is 14.6 Å². The Morgan fingerprint density at radius 3 is 2.58 bits per heavy atom. The number of carbonyl (C=O) groups is 2. The number of halogens is 3. The van der Waals surface area contributed by atoms with Gasteiger partial charge in [0.05, 0.1) is 23.9 Å². The maximum atomic E-state index is 14.0. The Hall–Kier alpha value is -3.13. The van der Waals surface area contributed by atoms with E-state index in [1.54, 1.807) is 36.1 Å². The molecule has 2 heterocycles. The van der Waals surface area contributed by atoms with Crippen LogP contribution in [0.1, 0.15) is 46.6 Å². The zero-order valence-corrected chi connectivity index (χ0v) is 23.5. The van der Waals surface area contributed by atoms with Crippen molar-refractivity contribution in [3.05, 3.63) is 104 Å². The second kappa shape index (κ2) is 11.3. The second-order valence-electron chi connectivity index (χ2n) is 8.77. The molecule has 1 amide bonds. The molecule has 0 radical (unpaired) electrons. The Labute approximate surface area is 238 Å². The molecule has 5 rings (SSSR count). The third-order valence-corrected chi connectivity index (χ3v) is 7.70. The zero-order chi connectivity index (χ0) is 26.8. The van der Waals surface area contributed by atoms with Crippen LogP contribution in [0.25, 0.3) is 10.9 Å². The number of pyridine rings is 1. The molecule has 0 saturated carbocycles. The molecule has 0 fully saturated rings. The summed E-state index contributed by atoms with van der Waals surface area (Å²) in [6, 6.07) is 19.6. The number of amides is 1. The molecule has 4 aromatic rings. The number of hydrogen-bond donors (Lipinski definition) is 0. The summed E-state index contributed by atoms with van der Waals surface area (Å²) in [4.78, 5) is 33.2. The lowest BCUT2D eigenvalue weighted by Gasteiger charge is -2.38. The first-order valence-electron chi connectivity index (χ1n) is 12.1. The fourth-order valence-electron chi connectivity index (χ4n) is 4.81. The van der Waals surface area contributed by atoms with Gasteiger partial charge in [0.25, 0.3) is 0 Å². The molecule has 1 aliphatic rings. The molecule has 1 atom stereocenters. The Morgan fingerprint density at radius 1 is 1.05 bits per heavy atom. The van der Waals surface area contributed by atoms with Crippen LogP contribution in [0.4, 0.5) is 10.5 Å². The first kappa shape index (κ1) is 26.5. The number of nitrogens with zero attached hydrogens (tertiary/aromatic N) is 2. The molecule has 0 aliphatic carbocycles. The average molecular weight is 614 g/mol. The second-order valence-corrected chi connectivity index (χ2v) is 10.5. The van der Waals surface area contributed by atoms with Crippen LogP contribution in [0.3, 0.4) is 0 Å². The van der Waals surface area contributed by atoms with Gasteiger partial charge in [-0.15, -0.1) is 0 Å². The van der Waals surface area contributed by atoms with E-state index in [4.69, 9.17) is 32.7 Å². The van der Waals surface area contributed by atoms with E-state index < -0.39 is 18.1 Å². The Bertz CT molecular complexity index is 1510. The van der Waals surface area contributed by atoms with E-state index in [0.717, 1.165) is 15.6 Å². The SMILES string of the molecule is CCOC(=O)c1nc2ccc(Cl)cc2c2c1CCC(c1c(Cl)cccc1Br)N2C(=O)OCc1ccccc1. The molecular weight excluding hydrogens is 591 g/mol. The highest BCUT2D eigenvalue weighted by Gasteiger charge is 2.39. The Balaban J connectivity index is 1.72. The fourth-order valence-corrected chi connectivity index (χ4v) is 6.03. The number of aromatic nitrogens is 1. The van der Waals surface area contributed by atoms with Gasteiger partial charge >= 0.3 is 12.1 Å². The summed E-state index contributed by atoms with van der Waals surface area (Å²) in [5.41, 5.74) is 3.41. The number of esters is 1. The van der Waals surface area contributed by atoms with Crippen molar-refractivity contribution in [3.63, 3.8) is 0 Å². The van der Waals surface area contributed by atoms with Crippen LogP contribution in [-0.4, -0.2) is 23.7 Å². The van der Waals surface area contributed by atoms with E-state index in [2.05, 4.69) is 20.9 Å². The van der Waals surface area contributed by atoms with E-state index in [1.165, 1.54) is 0 Å². The molecule has 1 unspecified atom stereocenters. The monoisotopic (exact) mass is 612 g/mol. The van der Waals surface area contributed by atoms with E-state index in [1.807, 2.05) is 42.5 Å². The summed E-state index contributed by atoms with van der Waals surface area (Å²) in [6.45, 7) is 2.02. The molecule has 0 N–H and O–H groups in total. The first-order chi connectivity index (χ1) is 18.4. The van der Waals surface area contributed by atoms with Gasteiger partial charge < -0.3 is 9.47 Å². The number of carbonyl (C=O) groups excluding carboxylic acids is 2. The van der Waals surface area contributed by atoms with E-state index in [-0.39, 0.29) is 18.9 Å². The molecule has 1 aliphatic heterocycles. The number of benzene rings is 3. The molecule has 0 bridgehead atoms. The van der Waals surface area contributed by atoms with Gasteiger partial charge in [0, 0.05) is 31.0 Å². The third kappa shape index (κ3) is 5.10. The van der Waals surface area contributed by atoms with Gasteiger partial charge in [-0.2, -0.15) is 0 Å². The molecule has 0 spiro atoms. The van der Waals surface area contributed by atoms with Crippen LogP contribution in [0.2, 0.25) is 10.0 Å². The minimum Gasteiger partial charge on any atom is -0.461 e. The van der Waals surface area contributed by atoms with Gasteiger partial charge in [0.15, 0.2) is 5.69 Å². The number of ether oxygens (including phenoxy) is 2. The van der Waals surface area contributed by atoms with Gasteiger partial charge in [0.1, 0.15) is 6.61 Å². The maximum Gasteiger partial charge on any atom is 0.415 e. The largest absolute Gasteiger partial charge is 0.461 e. The normalized spacial score (nSPS) is 14.7. The fraction of sp³-hybridized carbons (Fsp3) is 0.207. The lowest BCUT2D eigenvalue weighted by atomic mass is 9.89. The van der Waals surface area contributed by atoms with Crippen molar-refractivity contribution in [2.75, 3.05) is 11.5 Å². The van der Waals surface area contributed by atoms with Crippen LogP contribution in [0, 0.1) is 0 Å². The van der Waals surface area contributed by atoms with Crippen LogP contribution in [0.5, 0.6) is 0 Å². The minimum atomic E-state index is -0.575. The van der Waals surface area contributed by atoms with E-state index in [0.29, 0.717) is 45.0 Å². The van der Waals surface area contributed by atoms with Crippen molar-refractivity contribution in [1.29, 1.82) is 0 Å². The summed E-state index contributed by atoms with van der Waals surface area (Å²) in [7, 11) is 0. The summed E-state index contributed by atoms with van der Waals surface area (Å²) in [6.07, 6.45) is 0.369. The van der Waals surface area contributed by atoms with Crippen molar-refractivity contribution in [1.82, 2.24) is 4.98 Å². The van der Waals surface area contributed by atoms with E-state index >= 15 is 0 Å². The molecule has 3 aromatic carbocycles. The van der Waals surface area contributed by atoms with Crippen molar-refractivity contribution in [3.8, 4) is 0 Å². The van der Waals surface area contributed by atoms with Crippen LogP contribution in [0.15, 0.2) is 71.2 Å². The van der Waals surface area contributed by atoms with Crippen molar-refractivity contribution in [2.45, 2.75) is 32.4 Å². The lowest BCUT2D eigenvalue weighted by molar-refractivity contribution is 0.0518. The summed E-state index contributed by atoms with van der Waals surface area (Å²) < 4.78 is 11.9. The van der Waals surface area contributed by atoms with Crippen LogP contribution < -0.4 is 4.90 Å².